The number of hydrogen-bond donors (Lipinski definition) is 1. The Bertz CT molecular complexity index is 1660. The number of hydrogen-bond acceptors (Lipinski definition) is 10. The van der Waals surface area contributed by atoms with Gasteiger partial charge in [-0.3, -0.25) is 18.4 Å². The Morgan fingerprint density at radius 2 is 1.54 bits per heavy atom. The molecule has 1 unspecified atom stereocenters. The molecule has 2 rings (SSSR count). The lowest BCUT2D eigenvalue weighted by Crippen LogP contribution is -2.47. The summed E-state index contributed by atoms with van der Waals surface area (Å²) in [6.45, 7) is 25.1. The van der Waals surface area contributed by atoms with E-state index in [4.69, 9.17) is 23.1 Å². The van der Waals surface area contributed by atoms with Gasteiger partial charge in [-0.15, -0.1) is 0 Å². The summed E-state index contributed by atoms with van der Waals surface area (Å²) < 4.78 is 133. The molecule has 0 aromatic carbocycles. The summed E-state index contributed by atoms with van der Waals surface area (Å²) in [7, 11) is -10.5. The van der Waals surface area contributed by atoms with Crippen LogP contribution in [0.2, 0.25) is 36.3 Å². The van der Waals surface area contributed by atoms with Gasteiger partial charge in [0.1, 0.15) is 18.4 Å². The molecule has 0 fully saturated rings. The lowest BCUT2D eigenvalue weighted by molar-refractivity contribution is -0.167. The van der Waals surface area contributed by atoms with Crippen molar-refractivity contribution in [1.29, 1.82) is 0 Å². The van der Waals surface area contributed by atoms with Crippen LogP contribution in [0.5, 0.6) is 0 Å². The zero-order valence-corrected chi connectivity index (χ0v) is 43.5. The van der Waals surface area contributed by atoms with Crippen molar-refractivity contribution in [3.8, 4) is 0 Å². The lowest BCUT2D eigenvalue weighted by Gasteiger charge is -2.40. The van der Waals surface area contributed by atoms with Gasteiger partial charge < -0.3 is 28.2 Å². The first-order valence-electron chi connectivity index (χ1n) is 22.4. The van der Waals surface area contributed by atoms with Crippen molar-refractivity contribution >= 4 is 30.2 Å². The van der Waals surface area contributed by atoms with E-state index in [0.717, 1.165) is 24.0 Å². The SMILES string of the molecule is C=C(CC(/C=C/C[C@H](OC(=O)CP(=O)(OCC(F)(F)F)OCC(F)(F)F)[C@@H](/C=C/[C@@H]1CC(C)=CCO1)O[Si](C)(C)C(C)(C)C)O[Si](C)(C)C(C)(C)C)C[C@H](C)C[C@@H]1CC=C[C@@H](CCO)O1. The maximum Gasteiger partial charge on any atom is 0.412 e. The quantitative estimate of drug-likeness (QED) is 0.0311. The minimum Gasteiger partial charge on any atom is -0.458 e. The van der Waals surface area contributed by atoms with Gasteiger partial charge in [-0.05, 0) is 81.2 Å². The summed E-state index contributed by atoms with van der Waals surface area (Å²) in [5.74, 6) is -1.18. The smallest absolute Gasteiger partial charge is 0.412 e. The molecule has 19 heteroatoms. The molecule has 7 atom stereocenters. The molecule has 0 saturated heterocycles. The van der Waals surface area contributed by atoms with E-state index in [1.54, 1.807) is 18.2 Å². The van der Waals surface area contributed by atoms with Crippen molar-refractivity contribution in [2.75, 3.05) is 32.6 Å². The van der Waals surface area contributed by atoms with Crippen LogP contribution in [0.3, 0.4) is 0 Å². The van der Waals surface area contributed by atoms with Crippen LogP contribution < -0.4 is 0 Å². The van der Waals surface area contributed by atoms with E-state index in [1.165, 1.54) is 0 Å². The van der Waals surface area contributed by atoms with E-state index in [9.17, 15) is 40.8 Å². The number of carbonyl (C=O) groups is 1. The molecule has 65 heavy (non-hydrogen) atoms. The van der Waals surface area contributed by atoms with Crippen molar-refractivity contribution in [2.45, 2.75) is 186 Å². The fourth-order valence-electron chi connectivity index (χ4n) is 6.61. The van der Waals surface area contributed by atoms with Crippen LogP contribution in [0.1, 0.15) is 100 Å². The van der Waals surface area contributed by atoms with Crippen molar-refractivity contribution in [1.82, 2.24) is 0 Å². The van der Waals surface area contributed by atoms with Gasteiger partial charge in [0, 0.05) is 19.4 Å². The highest BCUT2D eigenvalue weighted by Crippen LogP contribution is 2.50. The van der Waals surface area contributed by atoms with Crippen LogP contribution in [-0.2, 0) is 41.5 Å². The standard InChI is InChI=1S/C46H77F6O10PSi2/c1-33-23-25-56-37(27-33)20-21-41(62-65(12,13)44(7,8)9)40(60-42(54)30-63(55,57-31-45(47,48)49)58-32-46(50,51)52)19-15-18-39(61-64(10,11)43(4,5)6)29-35(3)26-34(2)28-38-17-14-16-36(59-38)22-24-53/h14-16,18,20-21,23,34,36-41,53H,3,17,19,22,24-32H2,1-2,4-13H3/b18-15+,21-20+/t34-,36-,37+,38-,39?,40-,41+/m0/s1. The minimum atomic E-state index is -5.35. The van der Waals surface area contributed by atoms with Gasteiger partial charge in [0.2, 0.25) is 0 Å². The van der Waals surface area contributed by atoms with Crippen LogP contribution in [0.15, 0.2) is 60.3 Å². The largest absolute Gasteiger partial charge is 0.458 e. The average Bonchev–Trinajstić information content (AvgIpc) is 3.13. The van der Waals surface area contributed by atoms with E-state index in [2.05, 4.69) is 62.5 Å². The Balaban J connectivity index is 2.57. The number of carbonyl (C=O) groups excluding carboxylic acids is 1. The molecule has 2 aliphatic heterocycles. The maximum absolute atomic E-state index is 13.7. The molecule has 0 saturated carbocycles. The van der Waals surface area contributed by atoms with Crippen LogP contribution in [-0.4, -0.2) is 109 Å². The first-order chi connectivity index (χ1) is 29.6. The van der Waals surface area contributed by atoms with E-state index < -0.39 is 80.2 Å². The predicted octanol–water partition coefficient (Wildman–Crippen LogP) is 12.7. The molecular formula is C46H77F6O10PSi2. The molecule has 0 bridgehead atoms. The topological polar surface area (TPSA) is 119 Å². The normalized spacial score (nSPS) is 21.6. The molecule has 0 aliphatic carbocycles. The Kier molecular flexibility index (Phi) is 22.9. The van der Waals surface area contributed by atoms with Crippen molar-refractivity contribution in [2.24, 2.45) is 5.92 Å². The Morgan fingerprint density at radius 1 is 0.954 bits per heavy atom. The van der Waals surface area contributed by atoms with Gasteiger partial charge in [-0.1, -0.05) is 109 Å². The molecule has 376 valence electrons. The van der Waals surface area contributed by atoms with Crippen LogP contribution in [0, 0.1) is 5.92 Å². The summed E-state index contributed by atoms with van der Waals surface area (Å²) in [5, 5.41) is 8.88. The second-order valence-electron chi connectivity index (χ2n) is 20.5. The van der Waals surface area contributed by atoms with E-state index in [-0.39, 0.29) is 47.3 Å². The molecule has 2 heterocycles. The van der Waals surface area contributed by atoms with Gasteiger partial charge >= 0.3 is 25.9 Å². The Labute approximate surface area is 386 Å². The fraction of sp³-hybridized carbons (Fsp3) is 0.761. The molecule has 2 aliphatic rings. The molecule has 0 amide bonds. The van der Waals surface area contributed by atoms with E-state index in [0.29, 0.717) is 32.3 Å². The zero-order valence-electron chi connectivity index (χ0n) is 40.6. The summed E-state index contributed by atoms with van der Waals surface area (Å²) in [4.78, 5) is 13.7. The highest BCUT2D eigenvalue weighted by molar-refractivity contribution is 7.54. The minimum absolute atomic E-state index is 0.0141. The van der Waals surface area contributed by atoms with Gasteiger partial charge in [-0.25, -0.2) is 0 Å². The molecule has 10 nitrogen and oxygen atoms in total. The zero-order chi connectivity index (χ0) is 49.7. The van der Waals surface area contributed by atoms with Gasteiger partial charge in [0.25, 0.3) is 0 Å². The number of halogens is 6. The first-order valence-corrected chi connectivity index (χ1v) is 30.0. The second kappa shape index (κ2) is 25.1. The summed E-state index contributed by atoms with van der Waals surface area (Å²) in [5.41, 5.74) is 2.04. The second-order valence-corrected chi connectivity index (χ2v) is 32.0. The number of aliphatic hydroxyl groups excluding tert-OH is 1. The number of rotatable bonds is 25. The van der Waals surface area contributed by atoms with E-state index >= 15 is 0 Å². The summed E-state index contributed by atoms with van der Waals surface area (Å²) >= 11 is 0. The third-order valence-electron chi connectivity index (χ3n) is 12.1. The van der Waals surface area contributed by atoms with Crippen LogP contribution >= 0.6 is 7.60 Å². The average molecular weight is 991 g/mol. The lowest BCUT2D eigenvalue weighted by atomic mass is 9.91. The van der Waals surface area contributed by atoms with Crippen LogP contribution in [0.4, 0.5) is 26.3 Å². The van der Waals surface area contributed by atoms with Crippen molar-refractivity contribution < 1.29 is 72.9 Å². The molecule has 0 aromatic rings. The molecule has 1 N–H and O–H groups in total. The van der Waals surface area contributed by atoms with Gasteiger partial charge in [0.05, 0.1) is 31.0 Å². The molecule has 0 spiro atoms. The van der Waals surface area contributed by atoms with Crippen molar-refractivity contribution in [3.63, 3.8) is 0 Å². The van der Waals surface area contributed by atoms with E-state index in [1.807, 2.05) is 59.0 Å². The number of aliphatic hydroxyl groups is 1. The predicted molar refractivity (Wildman–Crippen MR) is 248 cm³/mol. The molecular weight excluding hydrogens is 914 g/mol. The highest BCUT2D eigenvalue weighted by atomic mass is 31.2. The maximum atomic E-state index is 13.7. The summed E-state index contributed by atoms with van der Waals surface area (Å²) in [6.07, 6.45) is 2.10. The van der Waals surface area contributed by atoms with Gasteiger partial charge in [-0.2, -0.15) is 26.3 Å². The van der Waals surface area contributed by atoms with Crippen LogP contribution in [0.25, 0.3) is 0 Å². The summed E-state index contributed by atoms with van der Waals surface area (Å²) in [6, 6.07) is 0. The molecule has 0 radical (unpaired) electrons. The van der Waals surface area contributed by atoms with Crippen molar-refractivity contribution in [3.05, 3.63) is 60.3 Å². The number of esters is 1. The number of alkyl halides is 6. The van der Waals surface area contributed by atoms with Gasteiger partial charge in [0.15, 0.2) is 29.8 Å². The Morgan fingerprint density at radius 3 is 2.08 bits per heavy atom. The monoisotopic (exact) mass is 990 g/mol. The number of ether oxygens (including phenoxy) is 3. The third kappa shape index (κ3) is 22.9. The highest BCUT2D eigenvalue weighted by Gasteiger charge is 2.44. The third-order valence-corrected chi connectivity index (χ3v) is 22.8. The Hall–Kier alpha value is -1.87. The fourth-order valence-corrected chi connectivity index (χ4v) is 10.5. The molecule has 0 aromatic heterocycles. The first kappa shape index (κ1) is 59.3.